The SMILES string of the molecule is O=C(C[C@@H]1CCCCN1)Cn1cnc2cccnc2c1=O. The van der Waals surface area contributed by atoms with Crippen molar-refractivity contribution in [2.45, 2.75) is 38.3 Å². The molecular weight excluding hydrogens is 268 g/mol. The van der Waals surface area contributed by atoms with E-state index in [1.165, 1.54) is 17.3 Å². The van der Waals surface area contributed by atoms with Crippen molar-refractivity contribution in [3.8, 4) is 0 Å². The second-order valence-corrected chi connectivity index (χ2v) is 5.44. The van der Waals surface area contributed by atoms with E-state index in [0.29, 0.717) is 17.5 Å². The van der Waals surface area contributed by atoms with Crippen LogP contribution in [0.2, 0.25) is 0 Å². The first-order chi connectivity index (χ1) is 10.2. The average Bonchev–Trinajstić information content (AvgIpc) is 2.51. The fraction of sp³-hybridized carbons (Fsp3) is 0.467. The Hall–Kier alpha value is -2.08. The Balaban J connectivity index is 1.73. The van der Waals surface area contributed by atoms with Crippen molar-refractivity contribution in [2.75, 3.05) is 6.54 Å². The van der Waals surface area contributed by atoms with Crippen LogP contribution >= 0.6 is 0 Å². The standard InChI is InChI=1S/C15H18N4O2/c20-12(8-11-4-1-2-6-16-11)9-19-10-18-13-5-3-7-17-14(13)15(19)21/h3,5,7,10-11,16H,1-2,4,6,8-9H2/t11-/m0/s1. The van der Waals surface area contributed by atoms with E-state index in [1.54, 1.807) is 18.3 Å². The molecule has 110 valence electrons. The fourth-order valence-corrected chi connectivity index (χ4v) is 2.73. The van der Waals surface area contributed by atoms with Gasteiger partial charge >= 0.3 is 0 Å². The summed E-state index contributed by atoms with van der Waals surface area (Å²) in [4.78, 5) is 32.6. The largest absolute Gasteiger partial charge is 0.314 e. The van der Waals surface area contributed by atoms with Gasteiger partial charge in [-0.3, -0.25) is 14.2 Å². The molecule has 0 bridgehead atoms. The number of fused-ring (bicyclic) bond motifs is 1. The van der Waals surface area contributed by atoms with E-state index >= 15 is 0 Å². The van der Waals surface area contributed by atoms with Crippen molar-refractivity contribution in [3.63, 3.8) is 0 Å². The zero-order valence-corrected chi connectivity index (χ0v) is 11.8. The van der Waals surface area contributed by atoms with Crippen LogP contribution in [0.25, 0.3) is 11.0 Å². The number of carbonyl (C=O) groups is 1. The molecule has 1 saturated heterocycles. The monoisotopic (exact) mass is 286 g/mol. The molecule has 1 atom stereocenters. The molecular formula is C15H18N4O2. The van der Waals surface area contributed by atoms with Gasteiger partial charge in [-0.1, -0.05) is 6.42 Å². The summed E-state index contributed by atoms with van der Waals surface area (Å²) in [6.45, 7) is 1.04. The molecule has 21 heavy (non-hydrogen) atoms. The third kappa shape index (κ3) is 3.16. The molecule has 0 amide bonds. The number of nitrogens with zero attached hydrogens (tertiary/aromatic N) is 3. The van der Waals surface area contributed by atoms with Crippen LogP contribution in [-0.2, 0) is 11.3 Å². The third-order valence-corrected chi connectivity index (χ3v) is 3.82. The van der Waals surface area contributed by atoms with E-state index in [4.69, 9.17) is 0 Å². The molecule has 2 aromatic rings. The molecule has 1 aliphatic heterocycles. The van der Waals surface area contributed by atoms with Gasteiger partial charge in [0.05, 0.1) is 18.4 Å². The highest BCUT2D eigenvalue weighted by molar-refractivity contribution is 5.79. The Labute approximate surface area is 122 Å². The fourth-order valence-electron chi connectivity index (χ4n) is 2.73. The molecule has 0 saturated carbocycles. The summed E-state index contributed by atoms with van der Waals surface area (Å²) in [5.74, 6) is 0.0496. The summed E-state index contributed by atoms with van der Waals surface area (Å²) in [5.41, 5.74) is 0.606. The van der Waals surface area contributed by atoms with Crippen LogP contribution in [0.5, 0.6) is 0 Å². The number of Topliss-reactive ketones (excluding diaryl/α,β-unsaturated/α-hetero) is 1. The number of pyridine rings is 1. The second-order valence-electron chi connectivity index (χ2n) is 5.44. The van der Waals surface area contributed by atoms with Crippen molar-refractivity contribution < 1.29 is 4.79 Å². The van der Waals surface area contributed by atoms with Gasteiger partial charge in [-0.25, -0.2) is 9.97 Å². The lowest BCUT2D eigenvalue weighted by atomic mass is 10.00. The summed E-state index contributed by atoms with van der Waals surface area (Å²) < 4.78 is 1.35. The van der Waals surface area contributed by atoms with Crippen LogP contribution in [0, 0.1) is 0 Å². The lowest BCUT2D eigenvalue weighted by Gasteiger charge is -2.22. The minimum Gasteiger partial charge on any atom is -0.314 e. The molecule has 6 nitrogen and oxygen atoms in total. The van der Waals surface area contributed by atoms with E-state index < -0.39 is 0 Å². The van der Waals surface area contributed by atoms with Gasteiger partial charge in [-0.15, -0.1) is 0 Å². The van der Waals surface area contributed by atoms with Crippen molar-refractivity contribution in [1.82, 2.24) is 19.9 Å². The number of ketones is 1. The van der Waals surface area contributed by atoms with Crippen LogP contribution in [0.15, 0.2) is 29.5 Å². The first kappa shape index (κ1) is 13.9. The van der Waals surface area contributed by atoms with Gasteiger partial charge in [0.1, 0.15) is 0 Å². The number of hydrogen-bond donors (Lipinski definition) is 1. The summed E-state index contributed by atoms with van der Waals surface area (Å²) in [6.07, 6.45) is 6.81. The van der Waals surface area contributed by atoms with Crippen molar-refractivity contribution in [1.29, 1.82) is 0 Å². The summed E-state index contributed by atoms with van der Waals surface area (Å²) in [5, 5.41) is 3.34. The first-order valence-electron chi connectivity index (χ1n) is 7.29. The lowest BCUT2D eigenvalue weighted by molar-refractivity contribution is -0.120. The summed E-state index contributed by atoms with van der Waals surface area (Å²) in [6, 6.07) is 3.72. The minimum absolute atomic E-state index is 0.0496. The van der Waals surface area contributed by atoms with Crippen LogP contribution in [0.3, 0.4) is 0 Å². The highest BCUT2D eigenvalue weighted by Crippen LogP contribution is 2.10. The normalized spacial score (nSPS) is 18.8. The molecule has 0 spiro atoms. The summed E-state index contributed by atoms with van der Waals surface area (Å²) >= 11 is 0. The molecule has 3 rings (SSSR count). The van der Waals surface area contributed by atoms with Crippen LogP contribution < -0.4 is 10.9 Å². The maximum atomic E-state index is 12.2. The molecule has 0 aromatic carbocycles. The zero-order valence-electron chi connectivity index (χ0n) is 11.8. The molecule has 6 heteroatoms. The number of piperidine rings is 1. The molecule has 3 heterocycles. The molecule has 0 aliphatic carbocycles. The Morgan fingerprint density at radius 3 is 3.10 bits per heavy atom. The van der Waals surface area contributed by atoms with Gasteiger partial charge in [0, 0.05) is 18.7 Å². The van der Waals surface area contributed by atoms with Gasteiger partial charge in [0.15, 0.2) is 11.3 Å². The Morgan fingerprint density at radius 2 is 2.29 bits per heavy atom. The molecule has 1 fully saturated rings. The quantitative estimate of drug-likeness (QED) is 0.903. The molecule has 1 aliphatic rings. The average molecular weight is 286 g/mol. The van der Waals surface area contributed by atoms with E-state index in [-0.39, 0.29) is 23.9 Å². The molecule has 1 N–H and O–H groups in total. The second kappa shape index (κ2) is 6.13. The number of rotatable bonds is 4. The predicted molar refractivity (Wildman–Crippen MR) is 79.1 cm³/mol. The molecule has 2 aromatic heterocycles. The van der Waals surface area contributed by atoms with Gasteiger partial charge in [0.25, 0.3) is 5.56 Å². The van der Waals surface area contributed by atoms with Crippen LogP contribution in [0.1, 0.15) is 25.7 Å². The maximum absolute atomic E-state index is 12.2. The Bertz CT molecular complexity index is 704. The van der Waals surface area contributed by atoms with E-state index in [9.17, 15) is 9.59 Å². The topological polar surface area (TPSA) is 76.9 Å². The van der Waals surface area contributed by atoms with Crippen LogP contribution in [-0.4, -0.2) is 32.9 Å². The third-order valence-electron chi connectivity index (χ3n) is 3.82. The van der Waals surface area contributed by atoms with Gasteiger partial charge in [-0.05, 0) is 31.5 Å². The Morgan fingerprint density at radius 1 is 1.38 bits per heavy atom. The highest BCUT2D eigenvalue weighted by atomic mass is 16.1. The minimum atomic E-state index is -0.259. The highest BCUT2D eigenvalue weighted by Gasteiger charge is 2.17. The van der Waals surface area contributed by atoms with Gasteiger partial charge < -0.3 is 5.32 Å². The number of carbonyl (C=O) groups excluding carboxylic acids is 1. The predicted octanol–water partition coefficient (Wildman–Crippen LogP) is 0.893. The van der Waals surface area contributed by atoms with Gasteiger partial charge in [-0.2, -0.15) is 0 Å². The smallest absolute Gasteiger partial charge is 0.280 e. The number of hydrogen-bond acceptors (Lipinski definition) is 5. The number of nitrogens with one attached hydrogen (secondary N) is 1. The first-order valence-corrected chi connectivity index (χ1v) is 7.29. The van der Waals surface area contributed by atoms with Crippen molar-refractivity contribution >= 4 is 16.8 Å². The lowest BCUT2D eigenvalue weighted by Crippen LogP contribution is -2.37. The maximum Gasteiger partial charge on any atom is 0.280 e. The van der Waals surface area contributed by atoms with Gasteiger partial charge in [0.2, 0.25) is 0 Å². The Kier molecular flexibility index (Phi) is 4.06. The van der Waals surface area contributed by atoms with Crippen molar-refractivity contribution in [2.24, 2.45) is 0 Å². The van der Waals surface area contributed by atoms with E-state index in [2.05, 4.69) is 15.3 Å². The van der Waals surface area contributed by atoms with Crippen molar-refractivity contribution in [3.05, 3.63) is 35.0 Å². The number of aromatic nitrogens is 3. The van der Waals surface area contributed by atoms with Crippen LogP contribution in [0.4, 0.5) is 0 Å². The zero-order chi connectivity index (χ0) is 14.7. The van der Waals surface area contributed by atoms with E-state index in [0.717, 1.165) is 19.4 Å². The molecule has 0 unspecified atom stereocenters. The van der Waals surface area contributed by atoms with E-state index in [1.807, 2.05) is 0 Å². The molecule has 0 radical (unpaired) electrons. The summed E-state index contributed by atoms with van der Waals surface area (Å²) in [7, 11) is 0.